The summed E-state index contributed by atoms with van der Waals surface area (Å²) in [5.74, 6) is 1.69. The van der Waals surface area contributed by atoms with Crippen molar-refractivity contribution in [2.45, 2.75) is 32.9 Å². The number of hydrogen-bond acceptors (Lipinski definition) is 6. The summed E-state index contributed by atoms with van der Waals surface area (Å²) >= 11 is 1.57. The summed E-state index contributed by atoms with van der Waals surface area (Å²) < 4.78 is 3.85. The standard InChI is InChI=1S/C16H19N7OS/c1-10-6-22(15(24)4-13-9-25-11(2)18-13)8-14-19-20-16(23(10)14)12-5-17-21(3)7-12/h5,7,9-10H,4,6,8H2,1-3H3/t10-/m0/s1. The second-order valence-corrected chi connectivity index (χ2v) is 7.43. The molecule has 0 spiro atoms. The van der Waals surface area contributed by atoms with Crippen molar-refractivity contribution in [3.8, 4) is 11.4 Å². The van der Waals surface area contributed by atoms with E-state index in [1.165, 1.54) is 0 Å². The van der Waals surface area contributed by atoms with Crippen LogP contribution in [0.5, 0.6) is 0 Å². The number of nitrogens with zero attached hydrogens (tertiary/aromatic N) is 7. The van der Waals surface area contributed by atoms with Gasteiger partial charge < -0.3 is 9.47 Å². The molecule has 3 aromatic rings. The zero-order chi connectivity index (χ0) is 17.6. The van der Waals surface area contributed by atoms with Crippen molar-refractivity contribution in [3.05, 3.63) is 34.3 Å². The van der Waals surface area contributed by atoms with Crippen LogP contribution in [-0.2, 0) is 24.8 Å². The molecule has 25 heavy (non-hydrogen) atoms. The summed E-state index contributed by atoms with van der Waals surface area (Å²) in [6.45, 7) is 5.14. The first-order valence-electron chi connectivity index (χ1n) is 8.13. The minimum atomic E-state index is 0.0781. The van der Waals surface area contributed by atoms with Gasteiger partial charge in [-0.05, 0) is 13.8 Å². The third-order valence-electron chi connectivity index (χ3n) is 4.34. The van der Waals surface area contributed by atoms with Gasteiger partial charge in [0.15, 0.2) is 11.6 Å². The molecular formula is C16H19N7OS. The maximum Gasteiger partial charge on any atom is 0.229 e. The number of carbonyl (C=O) groups is 1. The quantitative estimate of drug-likeness (QED) is 0.711. The van der Waals surface area contributed by atoms with Crippen molar-refractivity contribution in [3.63, 3.8) is 0 Å². The Bertz CT molecular complexity index is 925. The van der Waals surface area contributed by atoms with Crippen LogP contribution in [0.25, 0.3) is 11.4 Å². The fourth-order valence-corrected chi connectivity index (χ4v) is 3.82. The Morgan fingerprint density at radius 3 is 2.92 bits per heavy atom. The molecule has 0 aliphatic carbocycles. The predicted octanol–water partition coefficient (Wildman–Crippen LogP) is 1.59. The number of hydrogen-bond donors (Lipinski definition) is 0. The number of amides is 1. The smallest absolute Gasteiger partial charge is 0.229 e. The number of carbonyl (C=O) groups excluding carboxylic acids is 1. The van der Waals surface area contributed by atoms with Crippen LogP contribution in [0.3, 0.4) is 0 Å². The lowest BCUT2D eigenvalue weighted by atomic mass is 10.2. The van der Waals surface area contributed by atoms with Crippen LogP contribution in [0.2, 0.25) is 0 Å². The molecule has 1 atom stereocenters. The number of rotatable bonds is 3. The second kappa shape index (κ2) is 6.07. The summed E-state index contributed by atoms with van der Waals surface area (Å²) in [6.07, 6.45) is 4.04. The highest BCUT2D eigenvalue weighted by Gasteiger charge is 2.30. The molecule has 0 radical (unpaired) electrons. The van der Waals surface area contributed by atoms with E-state index in [0.717, 1.165) is 27.9 Å². The Morgan fingerprint density at radius 2 is 2.24 bits per heavy atom. The van der Waals surface area contributed by atoms with Crippen LogP contribution in [0.4, 0.5) is 0 Å². The third-order valence-corrected chi connectivity index (χ3v) is 5.16. The largest absolute Gasteiger partial charge is 0.333 e. The summed E-state index contributed by atoms with van der Waals surface area (Å²) in [5, 5.41) is 15.8. The molecule has 9 heteroatoms. The lowest BCUT2D eigenvalue weighted by Gasteiger charge is -2.32. The lowest BCUT2D eigenvalue weighted by molar-refractivity contribution is -0.132. The topological polar surface area (TPSA) is 81.7 Å². The van der Waals surface area contributed by atoms with Crippen LogP contribution in [-0.4, -0.2) is 46.9 Å². The first kappa shape index (κ1) is 15.9. The van der Waals surface area contributed by atoms with Gasteiger partial charge in [0.1, 0.15) is 0 Å². The van der Waals surface area contributed by atoms with Gasteiger partial charge in [-0.25, -0.2) is 4.98 Å². The molecule has 1 aliphatic rings. The summed E-state index contributed by atoms with van der Waals surface area (Å²) in [6, 6.07) is 0.107. The molecule has 0 bridgehead atoms. The monoisotopic (exact) mass is 357 g/mol. The van der Waals surface area contributed by atoms with Crippen molar-refractivity contribution in [2.75, 3.05) is 6.54 Å². The summed E-state index contributed by atoms with van der Waals surface area (Å²) in [5.41, 5.74) is 1.77. The molecule has 1 amide bonds. The zero-order valence-corrected chi connectivity index (χ0v) is 15.2. The highest BCUT2D eigenvalue weighted by Crippen LogP contribution is 2.27. The van der Waals surface area contributed by atoms with Crippen molar-refractivity contribution < 1.29 is 4.79 Å². The average Bonchev–Trinajstić information content (AvgIpc) is 3.27. The maximum absolute atomic E-state index is 12.6. The molecule has 8 nitrogen and oxygen atoms in total. The van der Waals surface area contributed by atoms with Gasteiger partial charge in [-0.1, -0.05) is 0 Å². The molecule has 3 aromatic heterocycles. The van der Waals surface area contributed by atoms with E-state index in [2.05, 4.69) is 31.8 Å². The molecular weight excluding hydrogens is 338 g/mol. The van der Waals surface area contributed by atoms with E-state index in [1.54, 1.807) is 22.2 Å². The SMILES string of the molecule is Cc1nc(CC(=O)N2Cc3nnc(-c4cnn(C)c4)n3[C@@H](C)C2)cs1. The number of aromatic nitrogens is 6. The fraction of sp³-hybridized carbons (Fsp3) is 0.438. The Morgan fingerprint density at radius 1 is 1.40 bits per heavy atom. The van der Waals surface area contributed by atoms with Gasteiger partial charge in [0, 0.05) is 25.2 Å². The van der Waals surface area contributed by atoms with Gasteiger partial charge in [-0.2, -0.15) is 5.10 Å². The first-order valence-corrected chi connectivity index (χ1v) is 9.01. The second-order valence-electron chi connectivity index (χ2n) is 6.37. The predicted molar refractivity (Wildman–Crippen MR) is 92.9 cm³/mol. The highest BCUT2D eigenvalue weighted by atomic mass is 32.1. The van der Waals surface area contributed by atoms with E-state index in [4.69, 9.17) is 0 Å². The minimum Gasteiger partial charge on any atom is -0.333 e. The normalized spacial score (nSPS) is 16.9. The van der Waals surface area contributed by atoms with Crippen LogP contribution in [0, 0.1) is 6.92 Å². The van der Waals surface area contributed by atoms with E-state index in [9.17, 15) is 4.79 Å². The Labute approximate surface area is 149 Å². The van der Waals surface area contributed by atoms with Crippen LogP contribution >= 0.6 is 11.3 Å². The lowest BCUT2D eigenvalue weighted by Crippen LogP contribution is -2.41. The first-order chi connectivity index (χ1) is 12.0. The van der Waals surface area contributed by atoms with Gasteiger partial charge in [0.25, 0.3) is 0 Å². The van der Waals surface area contributed by atoms with Gasteiger partial charge >= 0.3 is 0 Å². The van der Waals surface area contributed by atoms with Crippen LogP contribution < -0.4 is 0 Å². The van der Waals surface area contributed by atoms with Crippen molar-refractivity contribution >= 4 is 17.2 Å². The molecule has 0 fully saturated rings. The van der Waals surface area contributed by atoms with Gasteiger partial charge in [-0.3, -0.25) is 9.48 Å². The van der Waals surface area contributed by atoms with Crippen molar-refractivity contribution in [1.82, 2.24) is 34.4 Å². The molecule has 4 rings (SSSR count). The minimum absolute atomic E-state index is 0.0781. The molecule has 0 unspecified atom stereocenters. The third kappa shape index (κ3) is 2.95. The number of thiazole rings is 1. The molecule has 0 aromatic carbocycles. The fourth-order valence-electron chi connectivity index (χ4n) is 3.21. The van der Waals surface area contributed by atoms with Crippen molar-refractivity contribution in [2.24, 2.45) is 7.05 Å². The Balaban J connectivity index is 1.55. The average molecular weight is 357 g/mol. The number of fused-ring (bicyclic) bond motifs is 1. The Kier molecular flexibility index (Phi) is 3.87. The molecule has 130 valence electrons. The number of aryl methyl sites for hydroxylation is 2. The highest BCUT2D eigenvalue weighted by molar-refractivity contribution is 7.09. The summed E-state index contributed by atoms with van der Waals surface area (Å²) in [4.78, 5) is 18.9. The molecule has 1 aliphatic heterocycles. The molecule has 0 N–H and O–H groups in total. The van der Waals surface area contributed by atoms with E-state index in [-0.39, 0.29) is 11.9 Å². The van der Waals surface area contributed by atoms with E-state index in [1.807, 2.05) is 30.4 Å². The van der Waals surface area contributed by atoms with Crippen molar-refractivity contribution in [1.29, 1.82) is 0 Å². The van der Waals surface area contributed by atoms with Crippen LogP contribution in [0.15, 0.2) is 17.8 Å². The summed E-state index contributed by atoms with van der Waals surface area (Å²) in [7, 11) is 1.88. The molecule has 0 saturated heterocycles. The van der Waals surface area contributed by atoms with E-state index in [0.29, 0.717) is 19.5 Å². The molecule has 4 heterocycles. The van der Waals surface area contributed by atoms with Gasteiger partial charge in [0.2, 0.25) is 5.91 Å². The zero-order valence-electron chi connectivity index (χ0n) is 14.4. The Hall–Kier alpha value is -2.55. The van der Waals surface area contributed by atoms with Gasteiger partial charge in [-0.15, -0.1) is 21.5 Å². The van der Waals surface area contributed by atoms with Gasteiger partial charge in [0.05, 0.1) is 41.5 Å². The molecule has 0 saturated carbocycles. The maximum atomic E-state index is 12.6. The van der Waals surface area contributed by atoms with E-state index >= 15 is 0 Å². The van der Waals surface area contributed by atoms with Crippen LogP contribution in [0.1, 0.15) is 29.5 Å². The van der Waals surface area contributed by atoms with E-state index < -0.39 is 0 Å².